The Balaban J connectivity index is 1.64. The number of pyridine rings is 1. The van der Waals surface area contributed by atoms with Crippen LogP contribution in [0.4, 0.5) is 5.69 Å². The molecule has 2 aromatic carbocycles. The van der Waals surface area contributed by atoms with Gasteiger partial charge in [-0.15, -0.1) is 0 Å². The minimum atomic E-state index is -0.127. The first-order valence-electron chi connectivity index (χ1n) is 10.8. The Bertz CT molecular complexity index is 1490. The first-order chi connectivity index (χ1) is 16.0. The van der Waals surface area contributed by atoms with Crippen molar-refractivity contribution >= 4 is 28.2 Å². The smallest absolute Gasteiger partial charge is 0.196 e. The van der Waals surface area contributed by atoms with Crippen LogP contribution in [0.1, 0.15) is 29.7 Å². The summed E-state index contributed by atoms with van der Waals surface area (Å²) in [6, 6.07) is 19.5. The third-order valence-corrected chi connectivity index (χ3v) is 6.50. The molecule has 0 aliphatic carbocycles. The summed E-state index contributed by atoms with van der Waals surface area (Å²) >= 11 is 1.41. The second-order valence-electron chi connectivity index (χ2n) is 8.12. The molecule has 1 N–H and O–H groups in total. The normalized spacial score (nSPS) is 12.1. The maximum atomic E-state index is 13.3. The lowest BCUT2D eigenvalue weighted by Crippen LogP contribution is -2.13. The Kier molecular flexibility index (Phi) is 5.52. The Morgan fingerprint density at radius 3 is 2.58 bits per heavy atom. The molecule has 33 heavy (non-hydrogen) atoms. The van der Waals surface area contributed by atoms with Gasteiger partial charge in [0.05, 0.1) is 22.0 Å². The molecule has 1 atom stereocenters. The van der Waals surface area contributed by atoms with Gasteiger partial charge in [-0.3, -0.25) is 9.78 Å². The maximum absolute atomic E-state index is 13.3. The summed E-state index contributed by atoms with van der Waals surface area (Å²) in [5.74, 6) is 0.608. The van der Waals surface area contributed by atoms with E-state index in [1.807, 2.05) is 68.4 Å². The van der Waals surface area contributed by atoms with Crippen molar-refractivity contribution in [3.05, 3.63) is 100.0 Å². The molecular weight excluding hydrogens is 430 g/mol. The highest BCUT2D eigenvalue weighted by Gasteiger charge is 2.20. The van der Waals surface area contributed by atoms with Crippen LogP contribution in [0.15, 0.2) is 82.3 Å². The van der Waals surface area contributed by atoms with E-state index in [2.05, 4.69) is 27.7 Å². The van der Waals surface area contributed by atoms with E-state index < -0.39 is 0 Å². The van der Waals surface area contributed by atoms with E-state index in [0.717, 1.165) is 32.9 Å². The molecule has 0 aliphatic heterocycles. The van der Waals surface area contributed by atoms with Crippen LogP contribution in [-0.4, -0.2) is 9.36 Å². The van der Waals surface area contributed by atoms with Crippen molar-refractivity contribution < 1.29 is 4.42 Å². The van der Waals surface area contributed by atoms with Crippen molar-refractivity contribution in [2.75, 3.05) is 5.32 Å². The van der Waals surface area contributed by atoms with E-state index in [1.165, 1.54) is 11.5 Å². The summed E-state index contributed by atoms with van der Waals surface area (Å²) in [5.41, 5.74) is 5.81. The van der Waals surface area contributed by atoms with Crippen LogP contribution >= 0.6 is 11.5 Å². The first-order valence-corrected chi connectivity index (χ1v) is 11.6. The quantitative estimate of drug-likeness (QED) is 0.318. The zero-order valence-corrected chi connectivity index (χ0v) is 19.4. The SMILES string of the molecule is Cc1cc([C@@H](C)Nc2cccnc2-c2ccns2)c2oc(-c3ccccc3)c(C)c(=O)c2c1. The molecule has 0 spiro atoms. The topological polar surface area (TPSA) is 68.0 Å². The van der Waals surface area contributed by atoms with Gasteiger partial charge in [0.1, 0.15) is 17.0 Å². The van der Waals surface area contributed by atoms with Gasteiger partial charge in [0.2, 0.25) is 0 Å². The fourth-order valence-electron chi connectivity index (χ4n) is 4.12. The molecule has 0 aliphatic rings. The first kappa shape index (κ1) is 21.1. The van der Waals surface area contributed by atoms with Crippen molar-refractivity contribution in [3.63, 3.8) is 0 Å². The second kappa shape index (κ2) is 8.64. The van der Waals surface area contributed by atoms with Crippen molar-refractivity contribution in [2.45, 2.75) is 26.8 Å². The average molecular weight is 454 g/mol. The lowest BCUT2D eigenvalue weighted by Gasteiger charge is -2.20. The monoisotopic (exact) mass is 453 g/mol. The minimum absolute atomic E-state index is 0.000945. The standard InChI is InChI=1S/C27H23N3O2S/c1-16-14-20(18(3)30-22-10-7-12-28-24(22)23-11-13-29-33-23)27-21(15-16)25(31)17(2)26(32-27)19-8-5-4-6-9-19/h4-15,18,30H,1-3H3/t18-/m1/s1. The summed E-state index contributed by atoms with van der Waals surface area (Å²) in [6.07, 6.45) is 3.55. The Morgan fingerprint density at radius 2 is 1.82 bits per heavy atom. The number of fused-ring (bicyclic) bond motifs is 1. The highest BCUT2D eigenvalue weighted by molar-refractivity contribution is 7.09. The molecule has 3 heterocycles. The Morgan fingerprint density at radius 1 is 1.00 bits per heavy atom. The van der Waals surface area contributed by atoms with Gasteiger partial charge in [0.25, 0.3) is 0 Å². The average Bonchev–Trinajstić information content (AvgIpc) is 3.37. The summed E-state index contributed by atoms with van der Waals surface area (Å²) in [6.45, 7) is 5.90. The number of aryl methyl sites for hydroxylation is 1. The third-order valence-electron chi connectivity index (χ3n) is 5.75. The summed E-state index contributed by atoms with van der Waals surface area (Å²) in [4.78, 5) is 18.9. The maximum Gasteiger partial charge on any atom is 0.196 e. The predicted molar refractivity (Wildman–Crippen MR) is 135 cm³/mol. The molecule has 6 heteroatoms. The van der Waals surface area contributed by atoms with Crippen LogP contribution in [0.5, 0.6) is 0 Å². The van der Waals surface area contributed by atoms with Crippen molar-refractivity contribution in [1.29, 1.82) is 0 Å². The van der Waals surface area contributed by atoms with E-state index >= 15 is 0 Å². The van der Waals surface area contributed by atoms with E-state index in [9.17, 15) is 4.79 Å². The largest absolute Gasteiger partial charge is 0.455 e. The van der Waals surface area contributed by atoms with Crippen molar-refractivity contribution in [2.24, 2.45) is 0 Å². The van der Waals surface area contributed by atoms with Gasteiger partial charge in [-0.25, -0.2) is 4.37 Å². The van der Waals surface area contributed by atoms with Crippen molar-refractivity contribution in [1.82, 2.24) is 9.36 Å². The third kappa shape index (κ3) is 3.94. The zero-order chi connectivity index (χ0) is 22.9. The van der Waals surface area contributed by atoms with Gasteiger partial charge in [-0.1, -0.05) is 36.4 Å². The fourth-order valence-corrected chi connectivity index (χ4v) is 4.73. The number of hydrogen-bond acceptors (Lipinski definition) is 6. The van der Waals surface area contributed by atoms with Crippen LogP contribution in [-0.2, 0) is 0 Å². The molecular formula is C27H23N3O2S. The molecule has 0 fully saturated rings. The molecule has 5 aromatic rings. The number of hydrogen-bond donors (Lipinski definition) is 1. The molecule has 0 bridgehead atoms. The number of aromatic nitrogens is 2. The molecule has 0 saturated heterocycles. The highest BCUT2D eigenvalue weighted by Crippen LogP contribution is 2.34. The molecule has 164 valence electrons. The molecule has 0 radical (unpaired) electrons. The number of nitrogens with one attached hydrogen (secondary N) is 1. The number of anilines is 1. The molecule has 5 nitrogen and oxygen atoms in total. The van der Waals surface area contributed by atoms with Crippen molar-refractivity contribution in [3.8, 4) is 21.9 Å². The number of nitrogens with zero attached hydrogens (tertiary/aromatic N) is 2. The van der Waals surface area contributed by atoms with E-state index in [4.69, 9.17) is 4.42 Å². The fraction of sp³-hybridized carbons (Fsp3) is 0.148. The van der Waals surface area contributed by atoms with Crippen LogP contribution in [0.3, 0.4) is 0 Å². The summed E-state index contributed by atoms with van der Waals surface area (Å²) in [7, 11) is 0. The van der Waals surface area contributed by atoms with Crippen LogP contribution in [0.2, 0.25) is 0 Å². The van der Waals surface area contributed by atoms with E-state index in [-0.39, 0.29) is 11.5 Å². The Labute approximate surface area is 195 Å². The molecule has 3 aromatic heterocycles. The van der Waals surface area contributed by atoms with Gasteiger partial charge in [0.15, 0.2) is 5.43 Å². The summed E-state index contributed by atoms with van der Waals surface area (Å²) in [5, 5.41) is 4.18. The van der Waals surface area contributed by atoms with Gasteiger partial charge >= 0.3 is 0 Å². The summed E-state index contributed by atoms with van der Waals surface area (Å²) < 4.78 is 10.7. The van der Waals surface area contributed by atoms with Gasteiger partial charge in [-0.2, -0.15) is 0 Å². The van der Waals surface area contributed by atoms with E-state index in [1.54, 1.807) is 12.4 Å². The lowest BCUT2D eigenvalue weighted by atomic mass is 9.98. The highest BCUT2D eigenvalue weighted by atomic mass is 32.1. The predicted octanol–water partition coefficient (Wildman–Crippen LogP) is 6.77. The lowest BCUT2D eigenvalue weighted by molar-refractivity contribution is 0.605. The zero-order valence-electron chi connectivity index (χ0n) is 18.6. The van der Waals surface area contributed by atoms with Gasteiger partial charge in [0, 0.05) is 29.1 Å². The molecule has 5 rings (SSSR count). The Hall–Kier alpha value is -3.77. The number of rotatable bonds is 5. The molecule has 0 saturated carbocycles. The van der Waals surface area contributed by atoms with E-state index in [0.29, 0.717) is 22.3 Å². The van der Waals surface area contributed by atoms with Crippen LogP contribution < -0.4 is 10.7 Å². The minimum Gasteiger partial charge on any atom is -0.455 e. The van der Waals surface area contributed by atoms with Gasteiger partial charge in [-0.05, 0) is 62.1 Å². The second-order valence-corrected chi connectivity index (χ2v) is 8.96. The molecule has 0 amide bonds. The van der Waals surface area contributed by atoms with Crippen LogP contribution in [0.25, 0.3) is 32.9 Å². The molecule has 0 unspecified atom stereocenters. The van der Waals surface area contributed by atoms with Gasteiger partial charge < -0.3 is 9.73 Å². The number of benzene rings is 2. The van der Waals surface area contributed by atoms with Crippen LogP contribution in [0, 0.1) is 13.8 Å².